The van der Waals surface area contributed by atoms with Gasteiger partial charge in [0.05, 0.1) is 17.7 Å². The fraction of sp³-hybridized carbons (Fsp3) is 0.148. The molecular weight excluding hydrogens is 510 g/mol. The van der Waals surface area contributed by atoms with Crippen LogP contribution in [0.5, 0.6) is 5.75 Å². The van der Waals surface area contributed by atoms with Gasteiger partial charge >= 0.3 is 0 Å². The molecule has 0 fully saturated rings. The normalized spacial score (nSPS) is 14.8. The van der Waals surface area contributed by atoms with Crippen LogP contribution in [0.3, 0.4) is 0 Å². The van der Waals surface area contributed by atoms with Gasteiger partial charge in [-0.1, -0.05) is 58.4 Å². The monoisotopic (exact) mass is 531 g/mol. The van der Waals surface area contributed by atoms with Crippen LogP contribution in [-0.4, -0.2) is 29.0 Å². The van der Waals surface area contributed by atoms with Crippen LogP contribution in [0.25, 0.3) is 10.9 Å². The van der Waals surface area contributed by atoms with Crippen molar-refractivity contribution in [3.8, 4) is 5.75 Å². The highest BCUT2D eigenvalue weighted by atomic mass is 79.9. The number of benzene rings is 3. The second kappa shape index (κ2) is 9.76. The summed E-state index contributed by atoms with van der Waals surface area (Å²) in [4.78, 5) is 40.3. The fourth-order valence-electron chi connectivity index (χ4n) is 4.16. The molecule has 0 saturated heterocycles. The molecule has 8 heteroatoms. The molecule has 2 amide bonds. The Morgan fingerprint density at radius 1 is 1.00 bits per heavy atom. The van der Waals surface area contributed by atoms with Crippen LogP contribution in [-0.2, 0) is 22.7 Å². The number of rotatable bonds is 5. The lowest BCUT2D eigenvalue weighted by Crippen LogP contribution is -2.51. The summed E-state index contributed by atoms with van der Waals surface area (Å²) in [5.41, 5.74) is 2.13. The van der Waals surface area contributed by atoms with Crippen molar-refractivity contribution in [2.45, 2.75) is 19.2 Å². The van der Waals surface area contributed by atoms with Gasteiger partial charge in [0.15, 0.2) is 11.5 Å². The SMILES string of the molecule is O=C(NCc1ccccc1)C1CN(C(=O)Cn2ccc(=O)c3cc(Br)ccc32)c2ccccc2O1. The molecule has 0 radical (unpaired) electrons. The predicted molar refractivity (Wildman–Crippen MR) is 137 cm³/mol. The van der Waals surface area contributed by atoms with Gasteiger partial charge in [-0.25, -0.2) is 0 Å². The molecular formula is C27H22BrN3O4. The molecule has 1 unspecified atom stereocenters. The molecule has 3 aromatic carbocycles. The first-order valence-electron chi connectivity index (χ1n) is 11.2. The average molecular weight is 532 g/mol. The summed E-state index contributed by atoms with van der Waals surface area (Å²) in [6.45, 7) is 0.458. The molecule has 1 aromatic heterocycles. The van der Waals surface area contributed by atoms with Crippen molar-refractivity contribution in [2.24, 2.45) is 0 Å². The number of nitrogens with one attached hydrogen (secondary N) is 1. The lowest BCUT2D eigenvalue weighted by atomic mass is 10.1. The van der Waals surface area contributed by atoms with E-state index in [1.165, 1.54) is 6.07 Å². The van der Waals surface area contributed by atoms with E-state index in [0.717, 1.165) is 10.0 Å². The number of hydrogen-bond donors (Lipinski definition) is 1. The molecule has 7 nitrogen and oxygen atoms in total. The van der Waals surface area contributed by atoms with E-state index in [1.807, 2.05) is 42.5 Å². The zero-order valence-corrected chi connectivity index (χ0v) is 20.3. The number of carbonyl (C=O) groups excluding carboxylic acids is 2. The van der Waals surface area contributed by atoms with Gasteiger partial charge in [0.25, 0.3) is 5.91 Å². The molecule has 1 aliphatic heterocycles. The molecule has 5 rings (SSSR count). The lowest BCUT2D eigenvalue weighted by Gasteiger charge is -2.34. The lowest BCUT2D eigenvalue weighted by molar-refractivity contribution is -0.128. The Morgan fingerprint density at radius 3 is 2.60 bits per heavy atom. The number of pyridine rings is 1. The van der Waals surface area contributed by atoms with E-state index in [0.29, 0.717) is 28.9 Å². The Kier molecular flexibility index (Phi) is 6.37. The summed E-state index contributed by atoms with van der Waals surface area (Å²) in [7, 11) is 0. The number of amides is 2. The van der Waals surface area contributed by atoms with Crippen LogP contribution < -0.4 is 20.4 Å². The number of aromatic nitrogens is 1. The van der Waals surface area contributed by atoms with Gasteiger partial charge in [-0.05, 0) is 35.9 Å². The number of carbonyl (C=O) groups is 2. The Bertz CT molecular complexity index is 1470. The van der Waals surface area contributed by atoms with Crippen molar-refractivity contribution >= 4 is 44.3 Å². The average Bonchev–Trinajstić information content (AvgIpc) is 2.89. The largest absolute Gasteiger partial charge is 0.477 e. The van der Waals surface area contributed by atoms with Gasteiger partial charge in [-0.15, -0.1) is 0 Å². The van der Waals surface area contributed by atoms with Gasteiger partial charge in [0.2, 0.25) is 5.91 Å². The van der Waals surface area contributed by atoms with Crippen LogP contribution in [0, 0.1) is 0 Å². The molecule has 176 valence electrons. The number of anilines is 1. The van der Waals surface area contributed by atoms with Crippen LogP contribution >= 0.6 is 15.9 Å². The fourth-order valence-corrected chi connectivity index (χ4v) is 4.52. The smallest absolute Gasteiger partial charge is 0.263 e. The molecule has 0 aliphatic carbocycles. The molecule has 1 aliphatic rings. The first-order chi connectivity index (χ1) is 17.0. The van der Waals surface area contributed by atoms with Gasteiger partial charge < -0.3 is 19.5 Å². The Morgan fingerprint density at radius 2 is 1.77 bits per heavy atom. The second-order valence-electron chi connectivity index (χ2n) is 8.25. The first kappa shape index (κ1) is 22.9. The van der Waals surface area contributed by atoms with Crippen LogP contribution in [0.15, 0.2) is 94.3 Å². The van der Waals surface area contributed by atoms with Crippen molar-refractivity contribution in [3.05, 3.63) is 105 Å². The van der Waals surface area contributed by atoms with Crippen LogP contribution in [0.1, 0.15) is 5.56 Å². The van der Waals surface area contributed by atoms with E-state index in [4.69, 9.17) is 4.74 Å². The third-order valence-electron chi connectivity index (χ3n) is 5.92. The number of para-hydroxylation sites is 2. The second-order valence-corrected chi connectivity index (χ2v) is 9.17. The van der Waals surface area contributed by atoms with Crippen LogP contribution in [0.4, 0.5) is 5.69 Å². The molecule has 0 saturated carbocycles. The minimum Gasteiger partial charge on any atom is -0.477 e. The summed E-state index contributed by atoms with van der Waals surface area (Å²) in [6.07, 6.45) is 0.770. The molecule has 35 heavy (non-hydrogen) atoms. The van der Waals surface area contributed by atoms with E-state index in [9.17, 15) is 14.4 Å². The number of halogens is 1. The quantitative estimate of drug-likeness (QED) is 0.423. The van der Waals surface area contributed by atoms with E-state index >= 15 is 0 Å². The van der Waals surface area contributed by atoms with Gasteiger partial charge in [-0.3, -0.25) is 14.4 Å². The highest BCUT2D eigenvalue weighted by Gasteiger charge is 2.33. The summed E-state index contributed by atoms with van der Waals surface area (Å²) >= 11 is 3.40. The highest BCUT2D eigenvalue weighted by molar-refractivity contribution is 9.10. The van der Waals surface area contributed by atoms with E-state index in [1.54, 1.807) is 46.0 Å². The van der Waals surface area contributed by atoms with Gasteiger partial charge in [0, 0.05) is 28.7 Å². The van der Waals surface area contributed by atoms with Crippen LogP contribution in [0.2, 0.25) is 0 Å². The topological polar surface area (TPSA) is 80.6 Å². The maximum absolute atomic E-state index is 13.5. The standard InChI is InChI=1S/C27H22BrN3O4/c28-19-10-11-21-20(14-19)23(32)12-13-30(21)17-26(33)31-16-25(35-24-9-5-4-8-22(24)31)27(34)29-15-18-6-2-1-3-7-18/h1-14,25H,15-17H2,(H,29,34). The Hall–Kier alpha value is -3.91. The predicted octanol–water partition coefficient (Wildman–Crippen LogP) is 3.87. The molecule has 0 spiro atoms. The zero-order chi connectivity index (χ0) is 24.4. The molecule has 1 atom stereocenters. The molecule has 4 aromatic rings. The summed E-state index contributed by atoms with van der Waals surface area (Å²) in [5.74, 6) is -0.0325. The third-order valence-corrected chi connectivity index (χ3v) is 6.41. The number of nitrogens with zero attached hydrogens (tertiary/aromatic N) is 2. The number of fused-ring (bicyclic) bond motifs is 2. The maximum atomic E-state index is 13.5. The van der Waals surface area contributed by atoms with Crippen molar-refractivity contribution in [1.82, 2.24) is 9.88 Å². The highest BCUT2D eigenvalue weighted by Crippen LogP contribution is 2.33. The number of ether oxygens (including phenoxy) is 1. The summed E-state index contributed by atoms with van der Waals surface area (Å²) in [6, 6.07) is 23.6. The Balaban J connectivity index is 1.39. The summed E-state index contributed by atoms with van der Waals surface area (Å²) in [5, 5.41) is 3.42. The molecule has 1 N–H and O–H groups in total. The maximum Gasteiger partial charge on any atom is 0.263 e. The molecule has 0 bridgehead atoms. The third kappa shape index (κ3) is 4.83. The number of hydrogen-bond acceptors (Lipinski definition) is 4. The summed E-state index contributed by atoms with van der Waals surface area (Å²) < 4.78 is 8.49. The minimum atomic E-state index is -0.848. The Labute approximate surface area is 210 Å². The molecule has 2 heterocycles. The van der Waals surface area contributed by atoms with E-state index < -0.39 is 6.10 Å². The minimum absolute atomic E-state index is 0.00506. The first-order valence-corrected chi connectivity index (χ1v) is 12.0. The van der Waals surface area contributed by atoms with Gasteiger partial charge in [0.1, 0.15) is 12.3 Å². The van der Waals surface area contributed by atoms with Crippen molar-refractivity contribution in [1.29, 1.82) is 0 Å². The van der Waals surface area contributed by atoms with E-state index in [2.05, 4.69) is 21.2 Å². The van der Waals surface area contributed by atoms with Gasteiger partial charge in [-0.2, -0.15) is 0 Å². The van der Waals surface area contributed by atoms with Crippen molar-refractivity contribution in [2.75, 3.05) is 11.4 Å². The van der Waals surface area contributed by atoms with Crippen molar-refractivity contribution < 1.29 is 14.3 Å². The zero-order valence-electron chi connectivity index (χ0n) is 18.7. The van der Waals surface area contributed by atoms with E-state index in [-0.39, 0.29) is 30.3 Å². The van der Waals surface area contributed by atoms with Crippen molar-refractivity contribution in [3.63, 3.8) is 0 Å².